The van der Waals surface area contributed by atoms with Crippen molar-refractivity contribution in [3.8, 4) is 0 Å². The highest BCUT2D eigenvalue weighted by Gasteiger charge is 2.23. The molecule has 2 atom stereocenters. The number of ether oxygens (including phenoxy) is 2. The summed E-state index contributed by atoms with van der Waals surface area (Å²) in [6.45, 7) is 0.923. The van der Waals surface area contributed by atoms with Crippen LogP contribution in [0.4, 0.5) is 0 Å². The van der Waals surface area contributed by atoms with Crippen LogP contribution in [0.5, 0.6) is 0 Å². The fourth-order valence-corrected chi connectivity index (χ4v) is 1.74. The minimum atomic E-state index is -1.41. The second-order valence-corrected chi connectivity index (χ2v) is 5.52. The Balaban J connectivity index is 2.30. The Kier molecular flexibility index (Phi) is 8.79. The molecule has 0 saturated heterocycles. The number of carbonyl (C=O) groups is 4. The molecule has 1 aromatic rings. The highest BCUT2D eigenvalue weighted by molar-refractivity contribution is 5.86. The van der Waals surface area contributed by atoms with Gasteiger partial charge in [0.25, 0.3) is 0 Å². The molecule has 0 bridgehead atoms. The number of carbonyl (C=O) groups excluding carboxylic acids is 3. The fourth-order valence-electron chi connectivity index (χ4n) is 1.74. The Morgan fingerprint density at radius 2 is 1.65 bits per heavy atom. The van der Waals surface area contributed by atoms with Gasteiger partial charge in [0.1, 0.15) is 13.2 Å². The standard InChI is InChI=1S/C17H22N2O7/c1-11(18)16(22)19-13(17(23)24)10-26-15(21)8-7-14(20)25-9-12-5-3-2-4-6-12/h2-6,11,13H,7-10,18H2,1H3,(H,19,22)(H,23,24)/t11-,13+/m1/s1. The third kappa shape index (κ3) is 8.25. The quantitative estimate of drug-likeness (QED) is 0.490. The lowest BCUT2D eigenvalue weighted by atomic mass is 10.2. The van der Waals surface area contributed by atoms with E-state index in [0.717, 1.165) is 5.56 Å². The molecule has 0 fully saturated rings. The maximum atomic E-state index is 11.6. The number of benzene rings is 1. The minimum Gasteiger partial charge on any atom is -0.480 e. The number of esters is 2. The van der Waals surface area contributed by atoms with Crippen LogP contribution in [0.25, 0.3) is 0 Å². The molecule has 0 aliphatic carbocycles. The lowest BCUT2D eigenvalue weighted by molar-refractivity contribution is -0.154. The maximum Gasteiger partial charge on any atom is 0.329 e. The summed E-state index contributed by atoms with van der Waals surface area (Å²) in [5.41, 5.74) is 6.14. The Hall–Kier alpha value is -2.94. The molecule has 0 aliphatic heterocycles. The monoisotopic (exact) mass is 366 g/mol. The van der Waals surface area contributed by atoms with Crippen molar-refractivity contribution < 1.29 is 33.8 Å². The van der Waals surface area contributed by atoms with E-state index in [0.29, 0.717) is 0 Å². The molecule has 0 unspecified atom stereocenters. The molecule has 0 heterocycles. The number of carboxylic acids is 1. The highest BCUT2D eigenvalue weighted by atomic mass is 16.5. The molecule has 142 valence electrons. The van der Waals surface area contributed by atoms with Crippen molar-refractivity contribution in [2.24, 2.45) is 5.73 Å². The zero-order valence-electron chi connectivity index (χ0n) is 14.3. The van der Waals surface area contributed by atoms with Crippen LogP contribution in [-0.2, 0) is 35.3 Å². The molecule has 0 aliphatic rings. The second-order valence-electron chi connectivity index (χ2n) is 5.52. The van der Waals surface area contributed by atoms with Gasteiger partial charge in [-0.2, -0.15) is 0 Å². The van der Waals surface area contributed by atoms with Gasteiger partial charge < -0.3 is 25.6 Å². The molecular weight excluding hydrogens is 344 g/mol. The Bertz CT molecular complexity index is 631. The van der Waals surface area contributed by atoms with Gasteiger partial charge in [-0.25, -0.2) is 4.79 Å². The predicted octanol–water partition coefficient (Wildman–Crippen LogP) is -0.0302. The number of amides is 1. The molecule has 0 aromatic heterocycles. The van der Waals surface area contributed by atoms with Gasteiger partial charge in [0.15, 0.2) is 6.04 Å². The van der Waals surface area contributed by atoms with Crippen LogP contribution in [0.1, 0.15) is 25.3 Å². The van der Waals surface area contributed by atoms with E-state index in [-0.39, 0.29) is 19.4 Å². The van der Waals surface area contributed by atoms with E-state index < -0.39 is 42.5 Å². The van der Waals surface area contributed by atoms with Crippen LogP contribution in [0.15, 0.2) is 30.3 Å². The zero-order valence-corrected chi connectivity index (χ0v) is 14.3. The first kappa shape index (κ1) is 21.1. The van der Waals surface area contributed by atoms with Crippen molar-refractivity contribution in [3.63, 3.8) is 0 Å². The largest absolute Gasteiger partial charge is 0.480 e. The molecule has 1 rings (SSSR count). The van der Waals surface area contributed by atoms with Gasteiger partial charge >= 0.3 is 17.9 Å². The summed E-state index contributed by atoms with van der Waals surface area (Å²) in [6.07, 6.45) is -0.462. The second kappa shape index (κ2) is 10.8. The van der Waals surface area contributed by atoms with E-state index in [9.17, 15) is 19.2 Å². The lowest BCUT2D eigenvalue weighted by Gasteiger charge is -2.16. The molecule has 26 heavy (non-hydrogen) atoms. The predicted molar refractivity (Wildman–Crippen MR) is 89.6 cm³/mol. The number of rotatable bonds is 10. The van der Waals surface area contributed by atoms with Crippen molar-refractivity contribution in [2.45, 2.75) is 38.5 Å². The number of carboxylic acid groups (broad SMARTS) is 1. The molecule has 1 amide bonds. The first-order valence-corrected chi connectivity index (χ1v) is 7.93. The molecule has 0 spiro atoms. The summed E-state index contributed by atoms with van der Waals surface area (Å²) in [6, 6.07) is 6.73. The van der Waals surface area contributed by atoms with Gasteiger partial charge in [-0.05, 0) is 12.5 Å². The lowest BCUT2D eigenvalue weighted by Crippen LogP contribution is -2.49. The van der Waals surface area contributed by atoms with Crippen molar-refractivity contribution in [2.75, 3.05) is 6.61 Å². The van der Waals surface area contributed by atoms with Gasteiger partial charge in [0.2, 0.25) is 5.91 Å². The first-order valence-electron chi connectivity index (χ1n) is 7.93. The van der Waals surface area contributed by atoms with E-state index in [2.05, 4.69) is 5.32 Å². The average Bonchev–Trinajstić information content (AvgIpc) is 2.61. The third-order valence-electron chi connectivity index (χ3n) is 3.22. The molecule has 4 N–H and O–H groups in total. The molecule has 0 saturated carbocycles. The van der Waals surface area contributed by atoms with Gasteiger partial charge in [-0.15, -0.1) is 0 Å². The summed E-state index contributed by atoms with van der Waals surface area (Å²) in [7, 11) is 0. The minimum absolute atomic E-state index is 0.0963. The molecule has 0 radical (unpaired) electrons. The van der Waals surface area contributed by atoms with E-state index in [1.165, 1.54) is 6.92 Å². The highest BCUT2D eigenvalue weighted by Crippen LogP contribution is 2.03. The molecular formula is C17H22N2O7. The zero-order chi connectivity index (χ0) is 19.5. The number of hydrogen-bond donors (Lipinski definition) is 3. The molecule has 9 nitrogen and oxygen atoms in total. The normalized spacial score (nSPS) is 12.5. The molecule has 1 aromatic carbocycles. The SMILES string of the molecule is C[C@@H](N)C(=O)N[C@@H](COC(=O)CCC(=O)OCc1ccccc1)C(=O)O. The number of aliphatic carboxylic acids is 1. The van der Waals surface area contributed by atoms with Crippen LogP contribution >= 0.6 is 0 Å². The van der Waals surface area contributed by atoms with E-state index in [1.807, 2.05) is 18.2 Å². The summed E-state index contributed by atoms with van der Waals surface area (Å²) in [4.78, 5) is 45.6. The Morgan fingerprint density at radius 3 is 2.19 bits per heavy atom. The van der Waals surface area contributed by atoms with Crippen molar-refractivity contribution in [1.29, 1.82) is 0 Å². The van der Waals surface area contributed by atoms with Gasteiger partial charge in [0.05, 0.1) is 18.9 Å². The van der Waals surface area contributed by atoms with Gasteiger partial charge in [-0.1, -0.05) is 30.3 Å². The van der Waals surface area contributed by atoms with Gasteiger partial charge in [0, 0.05) is 0 Å². The van der Waals surface area contributed by atoms with E-state index >= 15 is 0 Å². The topological polar surface area (TPSA) is 145 Å². The maximum absolute atomic E-state index is 11.6. The summed E-state index contributed by atoms with van der Waals surface area (Å²) < 4.78 is 9.79. The van der Waals surface area contributed by atoms with Crippen LogP contribution in [-0.4, -0.2) is 47.6 Å². The number of hydrogen-bond acceptors (Lipinski definition) is 7. The summed E-state index contributed by atoms with van der Waals surface area (Å²) in [5.74, 6) is -3.40. The van der Waals surface area contributed by atoms with E-state index in [1.54, 1.807) is 12.1 Å². The molecule has 9 heteroatoms. The van der Waals surface area contributed by atoms with Crippen LogP contribution in [0.2, 0.25) is 0 Å². The van der Waals surface area contributed by atoms with Gasteiger partial charge in [-0.3, -0.25) is 14.4 Å². The third-order valence-corrected chi connectivity index (χ3v) is 3.22. The average molecular weight is 366 g/mol. The van der Waals surface area contributed by atoms with Crippen LogP contribution in [0.3, 0.4) is 0 Å². The first-order chi connectivity index (χ1) is 12.3. The smallest absolute Gasteiger partial charge is 0.329 e. The van der Waals surface area contributed by atoms with Crippen molar-refractivity contribution in [1.82, 2.24) is 5.32 Å². The van der Waals surface area contributed by atoms with E-state index in [4.69, 9.17) is 20.3 Å². The Labute approximate surface area is 150 Å². The Morgan fingerprint density at radius 1 is 1.08 bits per heavy atom. The van der Waals surface area contributed by atoms with Crippen LogP contribution < -0.4 is 11.1 Å². The van der Waals surface area contributed by atoms with Crippen molar-refractivity contribution >= 4 is 23.8 Å². The van der Waals surface area contributed by atoms with Crippen LogP contribution in [0, 0.1) is 0 Å². The van der Waals surface area contributed by atoms with Crippen molar-refractivity contribution in [3.05, 3.63) is 35.9 Å². The fraction of sp³-hybridized carbons (Fsp3) is 0.412. The number of nitrogens with one attached hydrogen (secondary N) is 1. The number of nitrogens with two attached hydrogens (primary N) is 1. The summed E-state index contributed by atoms with van der Waals surface area (Å²) >= 11 is 0. The summed E-state index contributed by atoms with van der Waals surface area (Å²) in [5, 5.41) is 11.1.